The molecule has 6 aromatic rings. The number of carbonyl (C=O) groups excluding carboxylic acids is 1. The van der Waals surface area contributed by atoms with Crippen molar-refractivity contribution in [2.24, 2.45) is 0 Å². The molecule has 2 bridgehead atoms. The molecule has 3 N–H and O–H groups in total. The van der Waals surface area contributed by atoms with Crippen LogP contribution in [-0.4, -0.2) is 10.9 Å². The average Bonchev–Trinajstić information content (AvgIpc) is 3.45. The molecule has 0 saturated heterocycles. The van der Waals surface area contributed by atoms with Crippen LogP contribution in [0.25, 0.3) is 32.7 Å². The molecule has 0 unspecified atom stereocenters. The lowest BCUT2D eigenvalue weighted by atomic mass is 10.0. The number of nitrogen functional groups attached to an aromatic ring is 1. The highest BCUT2D eigenvalue weighted by molar-refractivity contribution is 6.26. The Bertz CT molecular complexity index is 1860. The number of nitrogens with two attached hydrogens (primary N) is 1. The number of hydrogen-bond donors (Lipinski definition) is 2. The van der Waals surface area contributed by atoms with Crippen molar-refractivity contribution in [3.8, 4) is 17.6 Å². The van der Waals surface area contributed by atoms with Crippen molar-refractivity contribution in [2.75, 3.05) is 5.73 Å². The van der Waals surface area contributed by atoms with E-state index in [2.05, 4.69) is 16.4 Å². The molecule has 0 aliphatic heterocycles. The van der Waals surface area contributed by atoms with Gasteiger partial charge < -0.3 is 20.2 Å². The van der Waals surface area contributed by atoms with Crippen molar-refractivity contribution < 1.29 is 13.9 Å². The van der Waals surface area contributed by atoms with Crippen LogP contribution < -0.4 is 15.8 Å². The first kappa shape index (κ1) is 22.4. The van der Waals surface area contributed by atoms with Crippen LogP contribution in [0.15, 0.2) is 71.1 Å². The number of aromatic nitrogens is 1. The van der Waals surface area contributed by atoms with E-state index in [1.807, 2.05) is 56.3 Å². The van der Waals surface area contributed by atoms with E-state index in [0.29, 0.717) is 40.6 Å². The van der Waals surface area contributed by atoms with E-state index >= 15 is 0 Å². The minimum atomic E-state index is -0.183. The average molecular weight is 487 g/mol. The number of fused-ring (bicyclic) bond motifs is 8. The highest BCUT2D eigenvalue weighted by atomic mass is 16.5. The predicted molar refractivity (Wildman–Crippen MR) is 143 cm³/mol. The van der Waals surface area contributed by atoms with E-state index in [-0.39, 0.29) is 5.91 Å². The summed E-state index contributed by atoms with van der Waals surface area (Å²) in [4.78, 5) is 17.3. The van der Waals surface area contributed by atoms with Crippen molar-refractivity contribution in [1.29, 1.82) is 5.26 Å². The standard InChI is InChI=1S/C30H22N4O3/c1-16-11-27(32)34-17(2)25(16)15-33-30(35)18-7-9-21-23(12-18)29-24-13-20(8-10-22(24)28(21)37-29)36-26-6-4-3-5-19(26)14-31/h3-13H,15H2,1-2H3,(H2,32,34)(H,33,35). The van der Waals surface area contributed by atoms with Crippen LogP contribution in [0.4, 0.5) is 5.82 Å². The normalized spacial score (nSPS) is 11.3. The number of ether oxygens (including phenoxy) is 1. The maximum absolute atomic E-state index is 13.0. The van der Waals surface area contributed by atoms with Gasteiger partial charge in [0.2, 0.25) is 0 Å². The summed E-state index contributed by atoms with van der Waals surface area (Å²) in [6.07, 6.45) is 0. The van der Waals surface area contributed by atoms with E-state index < -0.39 is 0 Å². The van der Waals surface area contributed by atoms with Crippen LogP contribution in [0, 0.1) is 25.2 Å². The lowest BCUT2D eigenvalue weighted by molar-refractivity contribution is 0.0951. The smallest absolute Gasteiger partial charge is 0.251 e. The van der Waals surface area contributed by atoms with E-state index in [4.69, 9.17) is 14.9 Å². The van der Waals surface area contributed by atoms with Gasteiger partial charge in [-0.05, 0) is 79.6 Å². The molecule has 3 heterocycles. The van der Waals surface area contributed by atoms with Crippen LogP contribution in [-0.2, 0) is 6.54 Å². The third-order valence-electron chi connectivity index (χ3n) is 6.69. The minimum absolute atomic E-state index is 0.183. The summed E-state index contributed by atoms with van der Waals surface area (Å²) >= 11 is 0. The maximum atomic E-state index is 13.0. The number of nitrogens with zero attached hydrogens (tertiary/aromatic N) is 2. The fourth-order valence-corrected chi connectivity index (χ4v) is 4.86. The molecule has 0 saturated carbocycles. The van der Waals surface area contributed by atoms with Crippen LogP contribution in [0.1, 0.15) is 32.7 Å². The van der Waals surface area contributed by atoms with Crippen LogP contribution in [0.2, 0.25) is 0 Å². The van der Waals surface area contributed by atoms with Gasteiger partial charge in [0.25, 0.3) is 5.91 Å². The lowest BCUT2D eigenvalue weighted by Crippen LogP contribution is -2.24. The fourth-order valence-electron chi connectivity index (χ4n) is 4.86. The van der Waals surface area contributed by atoms with Gasteiger partial charge in [-0.3, -0.25) is 4.79 Å². The fraction of sp³-hybridized carbons (Fsp3) is 0.100. The molecule has 0 aliphatic carbocycles. The number of aryl methyl sites for hydroxylation is 2. The first-order valence-electron chi connectivity index (χ1n) is 11.8. The number of amides is 1. The number of anilines is 1. The maximum Gasteiger partial charge on any atom is 0.251 e. The van der Waals surface area contributed by atoms with E-state index in [1.54, 1.807) is 24.3 Å². The van der Waals surface area contributed by atoms with Gasteiger partial charge in [0, 0.05) is 39.3 Å². The molecule has 3 aromatic carbocycles. The highest BCUT2D eigenvalue weighted by Gasteiger charge is 2.20. The molecule has 6 rings (SSSR count). The Kier molecular flexibility index (Phi) is 5.16. The summed E-state index contributed by atoms with van der Waals surface area (Å²) in [5.74, 6) is 1.38. The van der Waals surface area contributed by atoms with Gasteiger partial charge in [-0.1, -0.05) is 12.1 Å². The minimum Gasteiger partial charge on any atom is -0.456 e. The zero-order valence-electron chi connectivity index (χ0n) is 20.3. The predicted octanol–water partition coefficient (Wildman–Crippen LogP) is 6.37. The summed E-state index contributed by atoms with van der Waals surface area (Å²) < 4.78 is 12.1. The Morgan fingerprint density at radius 1 is 1.00 bits per heavy atom. The van der Waals surface area contributed by atoms with Gasteiger partial charge in [-0.25, -0.2) is 4.98 Å². The second kappa shape index (κ2) is 8.54. The molecule has 0 radical (unpaired) electrons. The summed E-state index contributed by atoms with van der Waals surface area (Å²) in [7, 11) is 0. The van der Waals surface area contributed by atoms with Gasteiger partial charge >= 0.3 is 0 Å². The van der Waals surface area contributed by atoms with E-state index in [0.717, 1.165) is 43.9 Å². The SMILES string of the molecule is Cc1cc(N)nc(C)c1CNC(=O)c1ccc2c(c1)c1oc2c2ccc(Oc3ccccc3C#N)cc21. The van der Waals surface area contributed by atoms with Crippen LogP contribution in [0.5, 0.6) is 11.5 Å². The second-order valence-corrected chi connectivity index (χ2v) is 9.05. The molecule has 7 heteroatoms. The number of pyridine rings is 1. The summed E-state index contributed by atoms with van der Waals surface area (Å²) in [6.45, 7) is 4.20. The molecule has 0 fully saturated rings. The Morgan fingerprint density at radius 2 is 1.73 bits per heavy atom. The Balaban J connectivity index is 1.32. The number of rotatable bonds is 5. The summed E-state index contributed by atoms with van der Waals surface area (Å²) in [5.41, 5.74) is 11.0. The number of hydrogen-bond acceptors (Lipinski definition) is 6. The lowest BCUT2D eigenvalue weighted by Gasteiger charge is -2.12. The number of benzene rings is 4. The van der Waals surface area contributed by atoms with Gasteiger partial charge in [-0.2, -0.15) is 5.26 Å². The second-order valence-electron chi connectivity index (χ2n) is 9.05. The first-order valence-corrected chi connectivity index (χ1v) is 11.8. The molecule has 3 aromatic heterocycles. The zero-order valence-corrected chi connectivity index (χ0v) is 20.3. The molecule has 0 spiro atoms. The van der Waals surface area contributed by atoms with Crippen molar-refractivity contribution in [1.82, 2.24) is 10.3 Å². The van der Waals surface area contributed by atoms with Gasteiger partial charge in [0.05, 0.1) is 5.56 Å². The van der Waals surface area contributed by atoms with Crippen molar-refractivity contribution in [3.05, 3.63) is 94.7 Å². The van der Waals surface area contributed by atoms with Gasteiger partial charge in [0.15, 0.2) is 0 Å². The van der Waals surface area contributed by atoms with Crippen molar-refractivity contribution in [2.45, 2.75) is 20.4 Å². The van der Waals surface area contributed by atoms with Crippen molar-refractivity contribution in [3.63, 3.8) is 0 Å². The Hall–Kier alpha value is -5.09. The molecule has 0 atom stereocenters. The monoisotopic (exact) mass is 486 g/mol. The number of carbonyl (C=O) groups is 1. The molecule has 37 heavy (non-hydrogen) atoms. The summed E-state index contributed by atoms with van der Waals surface area (Å²) in [5, 5.41) is 16.0. The number of furan rings is 2. The number of nitrogens with one attached hydrogen (secondary N) is 1. The molecule has 180 valence electrons. The zero-order chi connectivity index (χ0) is 25.7. The summed E-state index contributed by atoms with van der Waals surface area (Å²) in [6, 6.07) is 22.4. The van der Waals surface area contributed by atoms with Gasteiger partial charge in [-0.15, -0.1) is 0 Å². The van der Waals surface area contributed by atoms with E-state index in [9.17, 15) is 10.1 Å². The molecular formula is C30H22N4O3. The largest absolute Gasteiger partial charge is 0.456 e. The molecule has 1 amide bonds. The van der Waals surface area contributed by atoms with Crippen molar-refractivity contribution >= 4 is 44.4 Å². The first-order chi connectivity index (χ1) is 17.9. The van der Waals surface area contributed by atoms with Crippen LogP contribution in [0.3, 0.4) is 0 Å². The third kappa shape index (κ3) is 3.76. The molecular weight excluding hydrogens is 464 g/mol. The molecule has 0 aliphatic rings. The number of nitriles is 1. The Labute approximate surface area is 212 Å². The van der Waals surface area contributed by atoms with E-state index in [1.165, 1.54) is 0 Å². The quantitative estimate of drug-likeness (QED) is 0.274. The Morgan fingerprint density at radius 3 is 2.51 bits per heavy atom. The van der Waals surface area contributed by atoms with Crippen LogP contribution >= 0.6 is 0 Å². The number of para-hydroxylation sites is 1. The highest BCUT2D eigenvalue weighted by Crippen LogP contribution is 2.42. The topological polar surface area (TPSA) is 114 Å². The molecule has 7 nitrogen and oxygen atoms in total. The third-order valence-corrected chi connectivity index (χ3v) is 6.69. The van der Waals surface area contributed by atoms with Gasteiger partial charge in [0.1, 0.15) is 34.6 Å².